The van der Waals surface area contributed by atoms with Crippen molar-refractivity contribution in [1.82, 2.24) is 19.6 Å². The van der Waals surface area contributed by atoms with Gasteiger partial charge in [-0.05, 0) is 86.7 Å². The fourth-order valence-corrected chi connectivity index (χ4v) is 7.66. The molecule has 0 aromatic carbocycles. The molecule has 2 amide bonds. The smallest absolute Gasteiger partial charge is 0.274 e. The number of likely N-dealkylation sites (tertiary alicyclic amines) is 1. The summed E-state index contributed by atoms with van der Waals surface area (Å²) in [5.41, 5.74) is 7.68. The Bertz CT molecular complexity index is 1020. The van der Waals surface area contributed by atoms with E-state index in [-0.39, 0.29) is 17.9 Å². The third-order valence-corrected chi connectivity index (χ3v) is 8.64. The van der Waals surface area contributed by atoms with Gasteiger partial charge in [0.1, 0.15) is 17.0 Å². The number of rotatable bonds is 5. The molecular formula is C25H33N5O2. The molecule has 170 valence electrons. The lowest BCUT2D eigenvalue weighted by molar-refractivity contribution is -0.0503. The number of nitrogens with two attached hydrogens (primary N) is 1. The zero-order chi connectivity index (χ0) is 21.9. The third kappa shape index (κ3) is 3.33. The molecule has 4 saturated carbocycles. The van der Waals surface area contributed by atoms with Gasteiger partial charge in [-0.3, -0.25) is 14.0 Å². The zero-order valence-electron chi connectivity index (χ0n) is 18.6. The highest BCUT2D eigenvalue weighted by molar-refractivity contribution is 5.95. The number of nitrogens with zero attached hydrogens (tertiary/aromatic N) is 3. The molecule has 1 aliphatic heterocycles. The number of fused-ring (bicyclic) bond motifs is 1. The monoisotopic (exact) mass is 435 g/mol. The van der Waals surface area contributed by atoms with Crippen molar-refractivity contribution in [1.29, 1.82) is 0 Å². The van der Waals surface area contributed by atoms with Crippen LogP contribution in [0, 0.1) is 23.2 Å². The average Bonchev–Trinajstić information content (AvgIpc) is 3.43. The van der Waals surface area contributed by atoms with E-state index in [1.54, 1.807) is 10.6 Å². The second-order valence-electron chi connectivity index (χ2n) is 10.9. The minimum Gasteiger partial charge on any atom is -0.350 e. The molecule has 7 rings (SSSR count). The van der Waals surface area contributed by atoms with Crippen LogP contribution < -0.4 is 11.1 Å². The number of hydrogen-bond donors (Lipinski definition) is 2. The van der Waals surface area contributed by atoms with E-state index in [0.717, 1.165) is 37.1 Å². The Morgan fingerprint density at radius 3 is 2.53 bits per heavy atom. The summed E-state index contributed by atoms with van der Waals surface area (Å²) in [5, 5.41) is 3.26. The van der Waals surface area contributed by atoms with Crippen molar-refractivity contribution in [3.8, 4) is 0 Å². The molecule has 1 atom stereocenters. The second-order valence-corrected chi connectivity index (χ2v) is 10.9. The first-order chi connectivity index (χ1) is 15.5. The topological polar surface area (TPSA) is 92.7 Å². The van der Waals surface area contributed by atoms with Gasteiger partial charge in [-0.15, -0.1) is 0 Å². The fourth-order valence-electron chi connectivity index (χ4n) is 7.66. The summed E-state index contributed by atoms with van der Waals surface area (Å²) in [4.78, 5) is 32.6. The van der Waals surface area contributed by atoms with Crippen LogP contribution in [0.2, 0.25) is 0 Å². The van der Waals surface area contributed by atoms with Crippen molar-refractivity contribution < 1.29 is 9.59 Å². The molecule has 2 aromatic heterocycles. The van der Waals surface area contributed by atoms with E-state index in [4.69, 9.17) is 5.73 Å². The van der Waals surface area contributed by atoms with Gasteiger partial charge < -0.3 is 16.0 Å². The van der Waals surface area contributed by atoms with Crippen molar-refractivity contribution in [3.05, 3.63) is 35.8 Å². The first kappa shape index (κ1) is 20.2. The van der Waals surface area contributed by atoms with Crippen LogP contribution in [0.4, 0.5) is 0 Å². The van der Waals surface area contributed by atoms with Crippen LogP contribution in [0.3, 0.4) is 0 Å². The molecule has 5 fully saturated rings. The summed E-state index contributed by atoms with van der Waals surface area (Å²) in [6, 6.07) is 5.58. The van der Waals surface area contributed by atoms with Crippen LogP contribution in [0.1, 0.15) is 72.3 Å². The van der Waals surface area contributed by atoms with E-state index in [9.17, 15) is 9.59 Å². The van der Waals surface area contributed by atoms with E-state index in [1.807, 2.05) is 23.1 Å². The molecule has 5 aliphatic rings. The van der Waals surface area contributed by atoms with E-state index in [0.29, 0.717) is 35.5 Å². The van der Waals surface area contributed by atoms with Gasteiger partial charge in [0.25, 0.3) is 11.8 Å². The maximum Gasteiger partial charge on any atom is 0.274 e. The molecule has 4 bridgehead atoms. The number of carbonyl (C=O) groups is 2. The first-order valence-electron chi connectivity index (χ1n) is 12.3. The van der Waals surface area contributed by atoms with Crippen LogP contribution in [-0.2, 0) is 0 Å². The Morgan fingerprint density at radius 1 is 1.12 bits per heavy atom. The predicted octanol–water partition coefficient (Wildman–Crippen LogP) is 2.84. The number of aromatic nitrogens is 2. The van der Waals surface area contributed by atoms with Gasteiger partial charge in [0, 0.05) is 31.9 Å². The van der Waals surface area contributed by atoms with Crippen molar-refractivity contribution in [3.63, 3.8) is 0 Å². The molecule has 7 heteroatoms. The van der Waals surface area contributed by atoms with Crippen molar-refractivity contribution in [2.75, 3.05) is 19.6 Å². The van der Waals surface area contributed by atoms with Gasteiger partial charge in [0.2, 0.25) is 0 Å². The minimum absolute atomic E-state index is 0.0790. The maximum atomic E-state index is 13.2. The molecule has 7 nitrogen and oxygen atoms in total. The summed E-state index contributed by atoms with van der Waals surface area (Å²) in [6.45, 7) is 1.95. The Morgan fingerprint density at radius 2 is 1.84 bits per heavy atom. The lowest BCUT2D eigenvalue weighted by Crippen LogP contribution is -2.51. The molecule has 32 heavy (non-hydrogen) atoms. The number of amides is 2. The highest BCUT2D eigenvalue weighted by Gasteiger charge is 2.50. The summed E-state index contributed by atoms with van der Waals surface area (Å²) in [7, 11) is 0. The molecule has 3 N–H and O–H groups in total. The van der Waals surface area contributed by atoms with Gasteiger partial charge in [0.05, 0.1) is 0 Å². The summed E-state index contributed by atoms with van der Waals surface area (Å²) in [5.74, 6) is 2.43. The molecule has 0 unspecified atom stereocenters. The van der Waals surface area contributed by atoms with E-state index in [2.05, 4.69) is 10.3 Å². The van der Waals surface area contributed by atoms with Gasteiger partial charge in [0.15, 0.2) is 0 Å². The van der Waals surface area contributed by atoms with Crippen LogP contribution in [0.15, 0.2) is 24.4 Å². The van der Waals surface area contributed by atoms with E-state index < -0.39 is 0 Å². The van der Waals surface area contributed by atoms with Gasteiger partial charge >= 0.3 is 0 Å². The van der Waals surface area contributed by atoms with Crippen molar-refractivity contribution in [2.45, 2.75) is 57.4 Å². The van der Waals surface area contributed by atoms with Gasteiger partial charge in [-0.25, -0.2) is 4.98 Å². The quantitative estimate of drug-likeness (QED) is 0.755. The fraction of sp³-hybridized carbons (Fsp3) is 0.640. The average molecular weight is 436 g/mol. The van der Waals surface area contributed by atoms with Crippen LogP contribution in [0.5, 0.6) is 0 Å². The lowest BCUT2D eigenvalue weighted by atomic mass is 9.49. The summed E-state index contributed by atoms with van der Waals surface area (Å²) < 4.78 is 1.76. The van der Waals surface area contributed by atoms with Gasteiger partial charge in [-0.1, -0.05) is 6.07 Å². The molecule has 0 spiro atoms. The highest BCUT2D eigenvalue weighted by atomic mass is 16.2. The first-order valence-corrected chi connectivity index (χ1v) is 12.3. The Labute approximate surface area is 188 Å². The van der Waals surface area contributed by atoms with Crippen molar-refractivity contribution >= 4 is 17.5 Å². The standard InChI is InChI=1S/C25H33N5O2/c26-13-19-3-2-6-29(19)24(32)20-14-30-21(4-1-5-22(30)28-20)23(31)27-15-25-10-16-7-17(11-25)9-18(8-16)12-25/h1,4-5,14,16-19H,2-3,6-13,15,26H2,(H,27,31)/t16?,17?,18?,19-,25?/m1/s1. The van der Waals surface area contributed by atoms with Crippen LogP contribution in [-0.4, -0.2) is 51.8 Å². The Hall–Kier alpha value is -2.41. The summed E-state index contributed by atoms with van der Waals surface area (Å²) >= 11 is 0. The lowest BCUT2D eigenvalue weighted by Gasteiger charge is -2.56. The largest absolute Gasteiger partial charge is 0.350 e. The SMILES string of the molecule is NC[C@H]1CCCN1C(=O)c1cn2c(C(=O)NCC34CC5CC(CC(C5)C3)C4)cccc2n1. The summed E-state index contributed by atoms with van der Waals surface area (Å²) in [6.07, 6.45) is 11.6. The normalized spacial score (nSPS) is 33.2. The molecule has 3 heterocycles. The molecule has 4 aliphatic carbocycles. The molecule has 2 aromatic rings. The Kier molecular flexibility index (Phi) is 4.79. The molecule has 1 saturated heterocycles. The number of hydrogen-bond acceptors (Lipinski definition) is 4. The maximum absolute atomic E-state index is 13.2. The number of nitrogens with one attached hydrogen (secondary N) is 1. The highest BCUT2D eigenvalue weighted by Crippen LogP contribution is 2.59. The van der Waals surface area contributed by atoms with E-state index >= 15 is 0 Å². The Balaban J connectivity index is 1.21. The van der Waals surface area contributed by atoms with Crippen LogP contribution >= 0.6 is 0 Å². The minimum atomic E-state index is -0.0958. The predicted molar refractivity (Wildman–Crippen MR) is 121 cm³/mol. The van der Waals surface area contributed by atoms with Crippen molar-refractivity contribution in [2.24, 2.45) is 28.9 Å². The van der Waals surface area contributed by atoms with Gasteiger partial charge in [-0.2, -0.15) is 0 Å². The third-order valence-electron chi connectivity index (χ3n) is 8.64. The van der Waals surface area contributed by atoms with E-state index in [1.165, 1.54) is 38.5 Å². The second kappa shape index (κ2) is 7.58. The van der Waals surface area contributed by atoms with Crippen LogP contribution in [0.25, 0.3) is 5.65 Å². The number of carbonyl (C=O) groups excluding carboxylic acids is 2. The zero-order valence-corrected chi connectivity index (χ0v) is 18.6. The number of pyridine rings is 1. The molecular weight excluding hydrogens is 402 g/mol. The molecule has 0 radical (unpaired) electrons. The number of imidazole rings is 1.